The molecule has 4 rings (SSSR count). The first-order valence-corrected chi connectivity index (χ1v) is 13.1. The number of halogens is 3. The Hall–Kier alpha value is -2.97. The molecule has 20 heteroatoms. The lowest BCUT2D eigenvalue weighted by atomic mass is 10.0. The van der Waals surface area contributed by atoms with Crippen LogP contribution in [-0.4, -0.2) is 83.1 Å². The summed E-state index contributed by atoms with van der Waals surface area (Å²) < 4.78 is 42.1. The number of thioether (sulfide) groups is 2. The van der Waals surface area contributed by atoms with Crippen molar-refractivity contribution >= 4 is 75.0 Å². The van der Waals surface area contributed by atoms with Gasteiger partial charge in [-0.05, 0) is 5.57 Å². The molecular formula is C16H13F3N8O5S4. The van der Waals surface area contributed by atoms with Gasteiger partial charge in [-0.15, -0.1) is 22.0 Å². The highest BCUT2D eigenvalue weighted by molar-refractivity contribution is 8.01. The third kappa shape index (κ3) is 5.11. The third-order valence-electron chi connectivity index (χ3n) is 4.61. The molecule has 0 spiro atoms. The number of carboxylic acids is 1. The number of hydrogen-bond acceptors (Lipinski definition) is 14. The van der Waals surface area contributed by atoms with E-state index in [1.165, 1.54) is 18.9 Å². The summed E-state index contributed by atoms with van der Waals surface area (Å²) in [5.74, 6) is -2.86. The molecule has 0 aromatic carbocycles. The van der Waals surface area contributed by atoms with E-state index in [4.69, 9.17) is 5.73 Å². The molecule has 1 saturated heterocycles. The fourth-order valence-electron chi connectivity index (χ4n) is 3.14. The van der Waals surface area contributed by atoms with Gasteiger partial charge in [0.2, 0.25) is 16.5 Å². The van der Waals surface area contributed by atoms with Crippen molar-refractivity contribution in [1.29, 1.82) is 0 Å². The van der Waals surface area contributed by atoms with Gasteiger partial charge in [0.1, 0.15) is 24.2 Å². The maximum atomic E-state index is 12.8. The van der Waals surface area contributed by atoms with Crippen LogP contribution >= 0.6 is 46.4 Å². The minimum atomic E-state index is -4.63. The fraction of sp³-hybridized carbons (Fsp3) is 0.375. The summed E-state index contributed by atoms with van der Waals surface area (Å²) in [5, 5.41) is 20.6. The van der Waals surface area contributed by atoms with Crippen LogP contribution in [-0.2, 0) is 25.4 Å². The van der Waals surface area contributed by atoms with Crippen LogP contribution in [0.1, 0.15) is 10.8 Å². The number of alkyl halides is 3. The molecule has 2 aromatic heterocycles. The second-order valence-electron chi connectivity index (χ2n) is 6.86. The highest BCUT2D eigenvalue weighted by Crippen LogP contribution is 2.42. The molecule has 0 aliphatic carbocycles. The van der Waals surface area contributed by atoms with Crippen LogP contribution in [0.25, 0.3) is 0 Å². The van der Waals surface area contributed by atoms with Crippen LogP contribution in [0.4, 0.5) is 18.3 Å². The van der Waals surface area contributed by atoms with Crippen molar-refractivity contribution in [2.45, 2.75) is 21.9 Å². The maximum absolute atomic E-state index is 12.8. The van der Waals surface area contributed by atoms with Gasteiger partial charge in [0.05, 0.1) is 0 Å². The second kappa shape index (κ2) is 10.2. The highest BCUT2D eigenvalue weighted by atomic mass is 32.2. The first-order chi connectivity index (χ1) is 17.0. The summed E-state index contributed by atoms with van der Waals surface area (Å²) in [6.45, 7) is 0. The average Bonchev–Trinajstić information content (AvgIpc) is 3.47. The Morgan fingerprint density at radius 1 is 1.39 bits per heavy atom. The number of fused-ring (bicyclic) bond motifs is 1. The van der Waals surface area contributed by atoms with Crippen molar-refractivity contribution in [3.05, 3.63) is 22.1 Å². The van der Waals surface area contributed by atoms with Gasteiger partial charge in [-0.1, -0.05) is 28.3 Å². The summed E-state index contributed by atoms with van der Waals surface area (Å²) in [5.41, 5.74) is 5.24. The lowest BCUT2D eigenvalue weighted by molar-refractivity contribution is -0.150. The number of nitrogens with zero attached hydrogens (tertiary/aromatic N) is 6. The first kappa shape index (κ1) is 26.1. The van der Waals surface area contributed by atoms with E-state index in [9.17, 15) is 32.7 Å². The van der Waals surface area contributed by atoms with E-state index in [2.05, 4.69) is 34.9 Å². The fourth-order valence-corrected chi connectivity index (χ4v) is 6.78. The van der Waals surface area contributed by atoms with Crippen LogP contribution in [0, 0.1) is 0 Å². The van der Waals surface area contributed by atoms with Crippen LogP contribution in [0.3, 0.4) is 0 Å². The molecule has 2 aromatic rings. The van der Waals surface area contributed by atoms with E-state index < -0.39 is 40.4 Å². The number of nitrogen functional groups attached to an aromatic ring is 1. The molecule has 1 fully saturated rings. The summed E-state index contributed by atoms with van der Waals surface area (Å²) in [4.78, 5) is 47.1. The number of oxime groups is 1. The Kier molecular flexibility index (Phi) is 7.38. The van der Waals surface area contributed by atoms with E-state index in [1.807, 2.05) is 0 Å². The number of carboxylic acid groups (broad SMARTS) is 1. The Bertz CT molecular complexity index is 1280. The molecular weight excluding hydrogens is 569 g/mol. The first-order valence-electron chi connectivity index (χ1n) is 9.46. The van der Waals surface area contributed by atoms with Crippen LogP contribution < -0.4 is 11.1 Å². The summed E-state index contributed by atoms with van der Waals surface area (Å²) in [6, 6.07) is -1.07. The zero-order chi connectivity index (χ0) is 26.2. The molecule has 1 unspecified atom stereocenters. The molecule has 0 radical (unpaired) electrons. The summed E-state index contributed by atoms with van der Waals surface area (Å²) in [6.07, 6.45) is -4.63. The molecule has 2 atom stereocenters. The smallest absolute Gasteiger partial charge is 0.445 e. The number of hydrogen-bond donors (Lipinski definition) is 3. The van der Waals surface area contributed by atoms with Gasteiger partial charge < -0.3 is 21.0 Å². The predicted octanol–water partition coefficient (Wildman–Crippen LogP) is 0.872. The Morgan fingerprint density at radius 2 is 2.14 bits per heavy atom. The van der Waals surface area contributed by atoms with Gasteiger partial charge in [0.15, 0.2) is 9.47 Å². The quantitative estimate of drug-likeness (QED) is 0.173. The monoisotopic (exact) mass is 582 g/mol. The second-order valence-corrected chi connectivity index (χ2v) is 10.9. The molecule has 2 aliphatic heterocycles. The van der Waals surface area contributed by atoms with Crippen molar-refractivity contribution in [2.75, 3.05) is 24.3 Å². The van der Waals surface area contributed by atoms with Crippen LogP contribution in [0.15, 0.2) is 20.8 Å². The molecule has 2 amide bonds. The highest BCUT2D eigenvalue weighted by Gasteiger charge is 2.54. The van der Waals surface area contributed by atoms with Crippen molar-refractivity contribution in [1.82, 2.24) is 29.8 Å². The van der Waals surface area contributed by atoms with Gasteiger partial charge >= 0.3 is 12.1 Å². The Labute approximate surface area is 215 Å². The van der Waals surface area contributed by atoms with E-state index >= 15 is 0 Å². The number of aliphatic carboxylic acids is 1. The number of amides is 2. The van der Waals surface area contributed by atoms with Gasteiger partial charge in [-0.2, -0.15) is 22.5 Å². The zero-order valence-corrected chi connectivity index (χ0v) is 20.9. The maximum Gasteiger partial charge on any atom is 0.445 e. The van der Waals surface area contributed by atoms with Crippen LogP contribution in [0.5, 0.6) is 0 Å². The SMILES string of the molecule is CON=C(C(=O)NC1C(=O)N2C(C(=O)O)=C(CSc3nnc(C(F)(F)F)s3)CS[C@H]12)c1nsc(N)n1. The van der Waals surface area contributed by atoms with Crippen LogP contribution in [0.2, 0.25) is 0 Å². The van der Waals surface area contributed by atoms with E-state index in [0.29, 0.717) is 16.9 Å². The number of aromatic nitrogens is 4. The van der Waals surface area contributed by atoms with E-state index in [1.54, 1.807) is 0 Å². The lowest BCUT2D eigenvalue weighted by Gasteiger charge is -2.49. The normalized spacial score (nSPS) is 20.2. The number of anilines is 1. The molecule has 36 heavy (non-hydrogen) atoms. The number of β-lactam (4-membered cyclic amide) rings is 1. The Balaban J connectivity index is 1.47. The number of carbonyl (C=O) groups excluding carboxylic acids is 2. The number of rotatable bonds is 8. The third-order valence-corrected chi connectivity index (χ3v) is 8.68. The zero-order valence-electron chi connectivity index (χ0n) is 17.7. The van der Waals surface area contributed by atoms with E-state index in [-0.39, 0.29) is 38.2 Å². The predicted molar refractivity (Wildman–Crippen MR) is 123 cm³/mol. The van der Waals surface area contributed by atoms with Crippen molar-refractivity contribution in [3.63, 3.8) is 0 Å². The lowest BCUT2D eigenvalue weighted by Crippen LogP contribution is -2.71. The molecule has 2 aliphatic rings. The van der Waals surface area contributed by atoms with Gasteiger partial charge in [0.25, 0.3) is 11.8 Å². The number of nitrogens with one attached hydrogen (secondary N) is 1. The van der Waals surface area contributed by atoms with Crippen molar-refractivity contribution in [3.8, 4) is 0 Å². The minimum absolute atomic E-state index is 0.00742. The number of carbonyl (C=O) groups is 3. The molecule has 0 bridgehead atoms. The largest absolute Gasteiger partial charge is 0.477 e. The standard InChI is InChI=1S/C16H13F3N8O5S4/c1-32-25-5(8-22-14(20)36-26-8)9(28)21-6-10(29)27-7(12(30)31)4(2-33-11(6)27)3-34-15-24-23-13(35-15)16(17,18)19/h6,11H,2-3H2,1H3,(H,21,28)(H,30,31)(H2,20,22,26)/t6?,11-/m1/s1. The topological polar surface area (TPSA) is 186 Å². The molecule has 4 N–H and O–H groups in total. The van der Waals surface area contributed by atoms with Crippen molar-refractivity contribution < 1.29 is 37.5 Å². The summed E-state index contributed by atoms with van der Waals surface area (Å²) >= 11 is 3.24. The van der Waals surface area contributed by atoms with Gasteiger partial charge in [-0.3, -0.25) is 14.5 Å². The summed E-state index contributed by atoms with van der Waals surface area (Å²) in [7, 11) is 1.20. The Morgan fingerprint density at radius 3 is 2.72 bits per heavy atom. The molecule has 192 valence electrons. The van der Waals surface area contributed by atoms with Crippen molar-refractivity contribution in [2.24, 2.45) is 5.16 Å². The number of nitrogens with two attached hydrogens (primary N) is 1. The molecule has 0 saturated carbocycles. The van der Waals surface area contributed by atoms with E-state index in [0.717, 1.165) is 28.2 Å². The molecule has 13 nitrogen and oxygen atoms in total. The van der Waals surface area contributed by atoms with Gasteiger partial charge in [0, 0.05) is 23.0 Å². The molecule has 4 heterocycles. The minimum Gasteiger partial charge on any atom is -0.477 e. The van der Waals surface area contributed by atoms with Gasteiger partial charge in [-0.25, -0.2) is 4.79 Å². The average molecular weight is 583 g/mol.